The van der Waals surface area contributed by atoms with E-state index in [9.17, 15) is 34.2 Å². The van der Waals surface area contributed by atoms with Crippen molar-refractivity contribution in [3.63, 3.8) is 0 Å². The molecule has 0 radical (unpaired) electrons. The number of hydrogen-bond acceptors (Lipinski definition) is 8. The number of thioether (sulfide) groups is 1. The highest BCUT2D eigenvalue weighted by molar-refractivity contribution is 7.98. The Morgan fingerprint density at radius 3 is 2.25 bits per heavy atom. The second-order valence-corrected chi connectivity index (χ2v) is 8.61. The van der Waals surface area contributed by atoms with Crippen molar-refractivity contribution in [2.75, 3.05) is 18.6 Å². The van der Waals surface area contributed by atoms with Gasteiger partial charge in [-0.25, -0.2) is 4.79 Å². The van der Waals surface area contributed by atoms with Crippen LogP contribution in [0.2, 0.25) is 0 Å². The third kappa shape index (κ3) is 9.40. The van der Waals surface area contributed by atoms with E-state index in [4.69, 9.17) is 5.73 Å². The molecule has 1 heterocycles. The van der Waals surface area contributed by atoms with Gasteiger partial charge in [0.15, 0.2) is 0 Å². The molecule has 0 aromatic heterocycles. The van der Waals surface area contributed by atoms with Crippen molar-refractivity contribution in [3.8, 4) is 0 Å². The summed E-state index contributed by atoms with van der Waals surface area (Å²) in [7, 11) is 0. The molecule has 0 aliphatic carbocycles. The lowest BCUT2D eigenvalue weighted by Crippen LogP contribution is -2.59. The van der Waals surface area contributed by atoms with Gasteiger partial charge < -0.3 is 37.2 Å². The molecule has 1 fully saturated rings. The third-order valence-electron chi connectivity index (χ3n) is 4.98. The zero-order valence-electron chi connectivity index (χ0n) is 18.3. The number of primary amides is 1. The Morgan fingerprint density at radius 2 is 1.75 bits per heavy atom. The van der Waals surface area contributed by atoms with E-state index in [0.717, 1.165) is 6.42 Å². The molecule has 0 spiro atoms. The molecule has 1 aliphatic rings. The first kappa shape index (κ1) is 27.7. The summed E-state index contributed by atoms with van der Waals surface area (Å²) >= 11 is 1.41. The van der Waals surface area contributed by atoms with Gasteiger partial charge in [0.05, 0.1) is 12.1 Å². The maximum Gasteiger partial charge on any atom is 0.326 e. The molecule has 32 heavy (non-hydrogen) atoms. The summed E-state index contributed by atoms with van der Waals surface area (Å²) in [6.07, 6.45) is 1.68. The van der Waals surface area contributed by atoms with Crippen LogP contribution in [-0.4, -0.2) is 88.6 Å². The van der Waals surface area contributed by atoms with Crippen molar-refractivity contribution in [2.45, 2.75) is 69.3 Å². The van der Waals surface area contributed by atoms with E-state index in [2.05, 4.69) is 21.3 Å². The topological polar surface area (TPSA) is 200 Å². The van der Waals surface area contributed by atoms with Gasteiger partial charge in [-0.3, -0.25) is 19.2 Å². The van der Waals surface area contributed by atoms with Crippen molar-refractivity contribution in [1.82, 2.24) is 21.3 Å². The Labute approximate surface area is 190 Å². The Kier molecular flexibility index (Phi) is 12.0. The molecule has 12 nitrogen and oxygen atoms in total. The molecule has 5 unspecified atom stereocenters. The summed E-state index contributed by atoms with van der Waals surface area (Å²) in [5.41, 5.74) is 5.15. The number of aliphatic hydroxyl groups excluding tert-OH is 1. The fraction of sp³-hybridized carbons (Fsp3) is 0.737. The molecule has 4 amide bonds. The smallest absolute Gasteiger partial charge is 0.326 e. The first-order chi connectivity index (χ1) is 15.1. The molecular weight excluding hydrogens is 442 g/mol. The van der Waals surface area contributed by atoms with Crippen LogP contribution in [0, 0.1) is 0 Å². The number of nitrogens with two attached hydrogens (primary N) is 1. The lowest BCUT2D eigenvalue weighted by molar-refractivity contribution is -0.142. The summed E-state index contributed by atoms with van der Waals surface area (Å²) in [4.78, 5) is 60.4. The zero-order chi connectivity index (χ0) is 24.3. The van der Waals surface area contributed by atoms with Gasteiger partial charge in [-0.05, 0) is 51.2 Å². The number of carbonyl (C=O) groups excluding carboxylic acids is 4. The van der Waals surface area contributed by atoms with Crippen molar-refractivity contribution in [3.05, 3.63) is 0 Å². The lowest BCUT2D eigenvalue weighted by Gasteiger charge is -2.26. The number of rotatable bonds is 14. The van der Waals surface area contributed by atoms with Crippen LogP contribution in [0.1, 0.15) is 39.0 Å². The number of carboxylic acid groups (broad SMARTS) is 1. The van der Waals surface area contributed by atoms with E-state index in [0.29, 0.717) is 18.7 Å². The van der Waals surface area contributed by atoms with Crippen LogP contribution >= 0.6 is 11.8 Å². The highest BCUT2D eigenvalue weighted by Crippen LogP contribution is 2.07. The monoisotopic (exact) mass is 475 g/mol. The molecule has 1 rings (SSSR count). The van der Waals surface area contributed by atoms with Gasteiger partial charge in [0, 0.05) is 6.42 Å². The number of aliphatic carboxylic acids is 1. The lowest BCUT2D eigenvalue weighted by atomic mass is 10.1. The summed E-state index contributed by atoms with van der Waals surface area (Å²) in [5.74, 6) is -3.55. The largest absolute Gasteiger partial charge is 0.480 e. The van der Waals surface area contributed by atoms with Gasteiger partial charge in [-0.15, -0.1) is 0 Å². The molecular formula is C19H33N5O7S. The van der Waals surface area contributed by atoms with E-state index in [1.54, 1.807) is 6.26 Å². The normalized spacial score (nSPS) is 19.3. The van der Waals surface area contributed by atoms with Gasteiger partial charge in [-0.1, -0.05) is 0 Å². The van der Waals surface area contributed by atoms with E-state index < -0.39 is 59.9 Å². The Balaban J connectivity index is 2.89. The maximum absolute atomic E-state index is 12.8. The summed E-state index contributed by atoms with van der Waals surface area (Å²) in [6.45, 7) is 1.98. The van der Waals surface area contributed by atoms with E-state index in [1.165, 1.54) is 18.7 Å². The minimum atomic E-state index is -1.35. The van der Waals surface area contributed by atoms with Crippen molar-refractivity contribution < 1.29 is 34.2 Å². The second kappa shape index (κ2) is 13.9. The number of nitrogens with one attached hydrogen (secondary N) is 4. The molecule has 13 heteroatoms. The number of carbonyl (C=O) groups is 5. The van der Waals surface area contributed by atoms with Crippen LogP contribution < -0.4 is 27.0 Å². The van der Waals surface area contributed by atoms with Crippen molar-refractivity contribution in [2.24, 2.45) is 5.73 Å². The van der Waals surface area contributed by atoms with Gasteiger partial charge in [0.1, 0.15) is 18.1 Å². The highest BCUT2D eigenvalue weighted by atomic mass is 32.2. The zero-order valence-corrected chi connectivity index (χ0v) is 19.1. The predicted octanol–water partition coefficient (Wildman–Crippen LogP) is -2.32. The summed E-state index contributed by atoms with van der Waals surface area (Å²) < 4.78 is 0. The minimum Gasteiger partial charge on any atom is -0.480 e. The first-order valence-corrected chi connectivity index (χ1v) is 11.8. The number of aliphatic hydroxyl groups is 1. The van der Waals surface area contributed by atoms with Gasteiger partial charge in [0.25, 0.3) is 0 Å². The molecule has 0 aromatic carbocycles. The van der Waals surface area contributed by atoms with E-state index >= 15 is 0 Å². The van der Waals surface area contributed by atoms with Crippen molar-refractivity contribution >= 4 is 41.4 Å². The fourth-order valence-electron chi connectivity index (χ4n) is 3.15. The first-order valence-electron chi connectivity index (χ1n) is 10.4. The Hall–Kier alpha value is -2.38. The molecule has 0 aromatic rings. The van der Waals surface area contributed by atoms with Crippen LogP contribution in [-0.2, 0) is 24.0 Å². The van der Waals surface area contributed by atoms with Crippen LogP contribution in [0.5, 0.6) is 0 Å². The third-order valence-corrected chi connectivity index (χ3v) is 5.62. The Bertz CT molecular complexity index is 685. The number of amides is 4. The average molecular weight is 476 g/mol. The quantitative estimate of drug-likeness (QED) is 0.144. The van der Waals surface area contributed by atoms with Crippen LogP contribution in [0.3, 0.4) is 0 Å². The Morgan fingerprint density at radius 1 is 1.09 bits per heavy atom. The summed E-state index contributed by atoms with van der Waals surface area (Å²) in [5, 5.41) is 29.5. The molecule has 8 N–H and O–H groups in total. The molecule has 1 saturated heterocycles. The minimum absolute atomic E-state index is 0.166. The summed E-state index contributed by atoms with van der Waals surface area (Å²) in [6, 6.07) is -4.29. The van der Waals surface area contributed by atoms with Gasteiger partial charge in [0.2, 0.25) is 23.6 Å². The molecule has 5 atom stereocenters. The van der Waals surface area contributed by atoms with Crippen molar-refractivity contribution in [1.29, 1.82) is 0 Å². The van der Waals surface area contributed by atoms with E-state index in [1.807, 2.05) is 0 Å². The van der Waals surface area contributed by atoms with Crippen LogP contribution in [0.25, 0.3) is 0 Å². The average Bonchev–Trinajstić information content (AvgIpc) is 3.26. The predicted molar refractivity (Wildman–Crippen MR) is 118 cm³/mol. The van der Waals surface area contributed by atoms with Gasteiger partial charge >= 0.3 is 5.97 Å². The molecule has 1 aliphatic heterocycles. The highest BCUT2D eigenvalue weighted by Gasteiger charge is 2.33. The van der Waals surface area contributed by atoms with Crippen LogP contribution in [0.4, 0.5) is 0 Å². The van der Waals surface area contributed by atoms with Gasteiger partial charge in [-0.2, -0.15) is 11.8 Å². The molecule has 0 saturated carbocycles. The molecule has 0 bridgehead atoms. The van der Waals surface area contributed by atoms with E-state index in [-0.39, 0.29) is 19.3 Å². The number of carboxylic acids is 1. The maximum atomic E-state index is 12.8. The standard InChI is InChI=1S/C19H33N5O7S/c1-10(25)15(24-16(27)11-4-3-8-21-11)18(29)22-12(5-6-14(20)26)17(28)23-13(19(30)31)7-9-32-2/h10-13,15,21,25H,3-9H2,1-2H3,(H2,20,26)(H,22,29)(H,23,28)(H,24,27)(H,30,31). The SMILES string of the molecule is CSCCC(NC(=O)C(CCC(N)=O)NC(=O)C(NC(=O)C1CCCN1)C(C)O)C(=O)O. The number of hydrogen-bond donors (Lipinski definition) is 7. The fourth-order valence-corrected chi connectivity index (χ4v) is 3.62. The molecule has 182 valence electrons. The second-order valence-electron chi connectivity index (χ2n) is 7.62. The van der Waals surface area contributed by atoms with Crippen LogP contribution in [0.15, 0.2) is 0 Å².